The van der Waals surface area contributed by atoms with Crippen molar-refractivity contribution in [1.29, 1.82) is 0 Å². The molecular weight excluding hydrogens is 262 g/mol. The minimum atomic E-state index is 0.511. The fraction of sp³-hybridized carbons (Fsp3) is 0.571. The van der Waals surface area contributed by atoms with Crippen LogP contribution in [0.25, 0.3) is 0 Å². The molecule has 0 saturated heterocycles. The Labute approximate surface area is 108 Å². The molecule has 0 fully saturated rings. The first kappa shape index (κ1) is 13.7. The SMILES string of the molecule is CCCNC(CCC)c1ccc(Br)c(C)c1. The van der Waals surface area contributed by atoms with Crippen LogP contribution in [0.3, 0.4) is 0 Å². The Bertz CT molecular complexity index is 323. The maximum absolute atomic E-state index is 3.62. The fourth-order valence-electron chi connectivity index (χ4n) is 1.88. The lowest BCUT2D eigenvalue weighted by Crippen LogP contribution is -2.22. The van der Waals surface area contributed by atoms with E-state index in [0.717, 1.165) is 6.54 Å². The highest BCUT2D eigenvalue weighted by atomic mass is 79.9. The fourth-order valence-corrected chi connectivity index (χ4v) is 2.13. The summed E-state index contributed by atoms with van der Waals surface area (Å²) in [6.45, 7) is 7.70. The van der Waals surface area contributed by atoms with Gasteiger partial charge in [0.1, 0.15) is 0 Å². The molecule has 0 spiro atoms. The van der Waals surface area contributed by atoms with Gasteiger partial charge < -0.3 is 5.32 Å². The van der Waals surface area contributed by atoms with Crippen LogP contribution in [-0.4, -0.2) is 6.54 Å². The topological polar surface area (TPSA) is 12.0 Å². The van der Waals surface area contributed by atoms with E-state index in [-0.39, 0.29) is 0 Å². The molecule has 1 aromatic rings. The van der Waals surface area contributed by atoms with E-state index in [1.54, 1.807) is 0 Å². The van der Waals surface area contributed by atoms with E-state index in [0.29, 0.717) is 6.04 Å². The van der Waals surface area contributed by atoms with Crippen molar-refractivity contribution in [3.8, 4) is 0 Å². The van der Waals surface area contributed by atoms with Crippen LogP contribution >= 0.6 is 15.9 Å². The molecule has 1 rings (SSSR count). The summed E-state index contributed by atoms with van der Waals surface area (Å²) in [5.41, 5.74) is 2.73. The Morgan fingerprint density at radius 2 is 2.00 bits per heavy atom. The molecule has 0 aromatic heterocycles. The quantitative estimate of drug-likeness (QED) is 0.805. The van der Waals surface area contributed by atoms with Gasteiger partial charge in [0.05, 0.1) is 0 Å². The molecule has 1 atom stereocenters. The summed E-state index contributed by atoms with van der Waals surface area (Å²) < 4.78 is 1.20. The number of hydrogen-bond donors (Lipinski definition) is 1. The van der Waals surface area contributed by atoms with Gasteiger partial charge in [0.25, 0.3) is 0 Å². The Balaban J connectivity index is 2.78. The average Bonchev–Trinajstić information content (AvgIpc) is 2.28. The van der Waals surface area contributed by atoms with Crippen molar-refractivity contribution in [1.82, 2.24) is 5.32 Å². The number of hydrogen-bond acceptors (Lipinski definition) is 1. The summed E-state index contributed by atoms with van der Waals surface area (Å²) in [6.07, 6.45) is 3.62. The first-order chi connectivity index (χ1) is 7.69. The van der Waals surface area contributed by atoms with E-state index < -0.39 is 0 Å². The zero-order valence-corrected chi connectivity index (χ0v) is 12.1. The largest absolute Gasteiger partial charge is 0.310 e. The van der Waals surface area contributed by atoms with Gasteiger partial charge in [-0.3, -0.25) is 0 Å². The van der Waals surface area contributed by atoms with Crippen LogP contribution in [0.5, 0.6) is 0 Å². The van der Waals surface area contributed by atoms with Gasteiger partial charge in [0, 0.05) is 10.5 Å². The Morgan fingerprint density at radius 3 is 2.56 bits per heavy atom. The molecule has 1 N–H and O–H groups in total. The maximum atomic E-state index is 3.62. The second kappa shape index (κ2) is 7.08. The minimum Gasteiger partial charge on any atom is -0.310 e. The lowest BCUT2D eigenvalue weighted by molar-refractivity contribution is 0.494. The van der Waals surface area contributed by atoms with Gasteiger partial charge in [-0.2, -0.15) is 0 Å². The van der Waals surface area contributed by atoms with E-state index >= 15 is 0 Å². The number of rotatable bonds is 6. The molecule has 0 aliphatic rings. The highest BCUT2D eigenvalue weighted by Gasteiger charge is 2.10. The smallest absolute Gasteiger partial charge is 0.0320 e. The van der Waals surface area contributed by atoms with Crippen molar-refractivity contribution >= 4 is 15.9 Å². The highest BCUT2D eigenvalue weighted by Crippen LogP contribution is 2.24. The van der Waals surface area contributed by atoms with Gasteiger partial charge in [-0.25, -0.2) is 0 Å². The molecule has 0 aliphatic carbocycles. The molecule has 0 bridgehead atoms. The Morgan fingerprint density at radius 1 is 1.25 bits per heavy atom. The number of benzene rings is 1. The van der Waals surface area contributed by atoms with Crippen LogP contribution < -0.4 is 5.32 Å². The third-order valence-electron chi connectivity index (χ3n) is 2.80. The molecule has 0 radical (unpaired) electrons. The third kappa shape index (κ3) is 3.91. The summed E-state index contributed by atoms with van der Waals surface area (Å²) in [4.78, 5) is 0. The molecule has 1 aromatic carbocycles. The van der Waals surface area contributed by atoms with Crippen molar-refractivity contribution in [3.63, 3.8) is 0 Å². The summed E-state index contributed by atoms with van der Waals surface area (Å²) in [7, 11) is 0. The zero-order valence-electron chi connectivity index (χ0n) is 10.5. The van der Waals surface area contributed by atoms with Crippen molar-refractivity contribution in [2.24, 2.45) is 0 Å². The molecular formula is C14H22BrN. The number of aryl methyl sites for hydroxylation is 1. The van der Waals surface area contributed by atoms with Crippen molar-refractivity contribution in [2.45, 2.75) is 46.1 Å². The first-order valence-electron chi connectivity index (χ1n) is 6.18. The van der Waals surface area contributed by atoms with E-state index in [4.69, 9.17) is 0 Å². The van der Waals surface area contributed by atoms with Gasteiger partial charge in [-0.05, 0) is 43.5 Å². The second-order valence-corrected chi connectivity index (χ2v) is 5.16. The van der Waals surface area contributed by atoms with Gasteiger partial charge in [-0.1, -0.05) is 48.3 Å². The lowest BCUT2D eigenvalue weighted by Gasteiger charge is -2.19. The summed E-state index contributed by atoms with van der Waals surface area (Å²) in [5.74, 6) is 0. The minimum absolute atomic E-state index is 0.511. The monoisotopic (exact) mass is 283 g/mol. The Hall–Kier alpha value is -0.340. The zero-order chi connectivity index (χ0) is 12.0. The van der Waals surface area contributed by atoms with E-state index in [2.05, 4.69) is 60.2 Å². The summed E-state index contributed by atoms with van der Waals surface area (Å²) in [5, 5.41) is 3.62. The summed E-state index contributed by atoms with van der Waals surface area (Å²) in [6, 6.07) is 7.17. The van der Waals surface area contributed by atoms with Crippen molar-refractivity contribution < 1.29 is 0 Å². The van der Waals surface area contributed by atoms with Crippen LogP contribution in [0.15, 0.2) is 22.7 Å². The van der Waals surface area contributed by atoms with E-state index in [1.807, 2.05) is 0 Å². The second-order valence-electron chi connectivity index (χ2n) is 4.30. The normalized spacial score (nSPS) is 12.8. The van der Waals surface area contributed by atoms with Gasteiger partial charge in [0.15, 0.2) is 0 Å². The molecule has 16 heavy (non-hydrogen) atoms. The molecule has 0 heterocycles. The third-order valence-corrected chi connectivity index (χ3v) is 3.69. The van der Waals surface area contributed by atoms with Crippen molar-refractivity contribution in [3.05, 3.63) is 33.8 Å². The first-order valence-corrected chi connectivity index (χ1v) is 6.97. The molecule has 1 nitrogen and oxygen atoms in total. The maximum Gasteiger partial charge on any atom is 0.0320 e. The van der Waals surface area contributed by atoms with Gasteiger partial charge >= 0.3 is 0 Å². The number of nitrogens with one attached hydrogen (secondary N) is 1. The Kier molecular flexibility index (Phi) is 6.07. The highest BCUT2D eigenvalue weighted by molar-refractivity contribution is 9.10. The average molecular weight is 284 g/mol. The standard InChI is InChI=1S/C14H22BrN/c1-4-6-14(16-9-5-2)12-7-8-13(15)11(3)10-12/h7-8,10,14,16H,4-6,9H2,1-3H3. The van der Waals surface area contributed by atoms with Crippen molar-refractivity contribution in [2.75, 3.05) is 6.54 Å². The van der Waals surface area contributed by atoms with Crippen LogP contribution in [-0.2, 0) is 0 Å². The van der Waals surface area contributed by atoms with E-state index in [9.17, 15) is 0 Å². The van der Waals surface area contributed by atoms with Crippen LogP contribution in [0.1, 0.15) is 50.3 Å². The van der Waals surface area contributed by atoms with Gasteiger partial charge in [-0.15, -0.1) is 0 Å². The molecule has 90 valence electrons. The molecule has 0 saturated carbocycles. The van der Waals surface area contributed by atoms with Crippen LogP contribution in [0, 0.1) is 6.92 Å². The predicted molar refractivity (Wildman–Crippen MR) is 74.8 cm³/mol. The van der Waals surface area contributed by atoms with Gasteiger partial charge in [0.2, 0.25) is 0 Å². The molecule has 1 unspecified atom stereocenters. The molecule has 2 heteroatoms. The lowest BCUT2D eigenvalue weighted by atomic mass is 10.0. The number of halogens is 1. The molecule has 0 aliphatic heterocycles. The molecule has 0 amide bonds. The summed E-state index contributed by atoms with van der Waals surface area (Å²) >= 11 is 3.55. The van der Waals surface area contributed by atoms with Crippen LogP contribution in [0.2, 0.25) is 0 Å². The predicted octanol–water partition coefficient (Wildman–Crippen LogP) is 4.60. The van der Waals surface area contributed by atoms with E-state index in [1.165, 1.54) is 34.9 Å². The van der Waals surface area contributed by atoms with Crippen LogP contribution in [0.4, 0.5) is 0 Å².